The highest BCUT2D eigenvalue weighted by Gasteiger charge is 2.33. The number of aliphatic hydroxyl groups is 1. The second-order valence-corrected chi connectivity index (χ2v) is 7.85. The molecular formula is C22H35N3O3. The number of benzene rings is 1. The Balaban J connectivity index is 1.49. The van der Waals surface area contributed by atoms with Crippen LogP contribution in [0.1, 0.15) is 31.7 Å². The summed E-state index contributed by atoms with van der Waals surface area (Å²) in [6.07, 6.45) is 3.72. The van der Waals surface area contributed by atoms with Crippen LogP contribution in [0.3, 0.4) is 0 Å². The first-order chi connectivity index (χ1) is 13.7. The molecule has 1 N–H and O–H groups in total. The second-order valence-electron chi connectivity index (χ2n) is 7.85. The minimum Gasteiger partial charge on any atom is -0.450 e. The molecule has 0 aromatic heterocycles. The topological polar surface area (TPSA) is 56.2 Å². The quantitative estimate of drug-likeness (QED) is 0.775. The molecule has 2 fully saturated rings. The first-order valence-corrected chi connectivity index (χ1v) is 10.8. The summed E-state index contributed by atoms with van der Waals surface area (Å²) >= 11 is 0. The zero-order valence-electron chi connectivity index (χ0n) is 17.1. The molecule has 3 rings (SSSR count). The van der Waals surface area contributed by atoms with Crippen LogP contribution >= 0.6 is 0 Å². The van der Waals surface area contributed by atoms with Crippen LogP contribution in [-0.2, 0) is 11.2 Å². The number of carbonyl (C=O) groups is 1. The normalized spacial score (nSPS) is 22.4. The molecule has 2 aliphatic rings. The molecule has 0 saturated carbocycles. The maximum Gasteiger partial charge on any atom is 0.409 e. The summed E-state index contributed by atoms with van der Waals surface area (Å²) in [5.74, 6) is 0. The monoisotopic (exact) mass is 389 g/mol. The molecule has 1 amide bonds. The van der Waals surface area contributed by atoms with Gasteiger partial charge in [-0.1, -0.05) is 30.3 Å². The number of carbonyl (C=O) groups excluding carboxylic acids is 1. The molecule has 1 aromatic rings. The van der Waals surface area contributed by atoms with Gasteiger partial charge in [0.15, 0.2) is 0 Å². The summed E-state index contributed by atoms with van der Waals surface area (Å²) in [7, 11) is 0. The van der Waals surface area contributed by atoms with Gasteiger partial charge in [-0.05, 0) is 38.2 Å². The van der Waals surface area contributed by atoms with E-state index in [1.807, 2.05) is 11.8 Å². The van der Waals surface area contributed by atoms with Crippen molar-refractivity contribution < 1.29 is 14.6 Å². The molecule has 0 radical (unpaired) electrons. The maximum absolute atomic E-state index is 11.9. The number of rotatable bonds is 7. The Bertz CT molecular complexity index is 590. The fraction of sp³-hybridized carbons (Fsp3) is 0.682. The third kappa shape index (κ3) is 5.69. The van der Waals surface area contributed by atoms with E-state index in [1.54, 1.807) is 0 Å². The number of nitrogens with zero attached hydrogens (tertiary/aromatic N) is 3. The molecule has 0 bridgehead atoms. The lowest BCUT2D eigenvalue weighted by molar-refractivity contribution is 0.0160. The minimum atomic E-state index is -0.176. The fourth-order valence-corrected chi connectivity index (χ4v) is 4.51. The van der Waals surface area contributed by atoms with E-state index >= 15 is 0 Å². The Hall–Kier alpha value is -1.63. The third-order valence-electron chi connectivity index (χ3n) is 6.14. The number of likely N-dealkylation sites (tertiary alicyclic amines) is 1. The van der Waals surface area contributed by atoms with Crippen LogP contribution in [0.25, 0.3) is 0 Å². The van der Waals surface area contributed by atoms with E-state index in [0.717, 1.165) is 65.0 Å². The van der Waals surface area contributed by atoms with Crippen LogP contribution in [0, 0.1) is 0 Å². The molecule has 2 aliphatic heterocycles. The van der Waals surface area contributed by atoms with Gasteiger partial charge in [0.1, 0.15) is 0 Å². The molecule has 2 heterocycles. The van der Waals surface area contributed by atoms with E-state index in [1.165, 1.54) is 5.56 Å². The molecule has 2 saturated heterocycles. The highest BCUT2D eigenvalue weighted by Crippen LogP contribution is 2.22. The molecule has 28 heavy (non-hydrogen) atoms. The van der Waals surface area contributed by atoms with Gasteiger partial charge in [0.05, 0.1) is 6.61 Å². The SMILES string of the molecule is CCOC(=O)N1CCC(N2CCN(CCc3ccccc3)[C@@H](CCO)C2)CC1. The summed E-state index contributed by atoms with van der Waals surface area (Å²) < 4.78 is 5.13. The van der Waals surface area contributed by atoms with E-state index in [-0.39, 0.29) is 12.7 Å². The Morgan fingerprint density at radius 1 is 1.14 bits per heavy atom. The Morgan fingerprint density at radius 3 is 2.57 bits per heavy atom. The van der Waals surface area contributed by atoms with Gasteiger partial charge in [0.2, 0.25) is 0 Å². The fourth-order valence-electron chi connectivity index (χ4n) is 4.51. The van der Waals surface area contributed by atoms with Gasteiger partial charge in [0.25, 0.3) is 0 Å². The largest absolute Gasteiger partial charge is 0.450 e. The number of aliphatic hydroxyl groups excluding tert-OH is 1. The minimum absolute atomic E-state index is 0.176. The number of hydrogen-bond donors (Lipinski definition) is 1. The summed E-state index contributed by atoms with van der Waals surface area (Å²) in [6, 6.07) is 11.6. The van der Waals surface area contributed by atoms with Crippen LogP contribution in [0.2, 0.25) is 0 Å². The molecule has 1 atom stereocenters. The van der Waals surface area contributed by atoms with Crippen molar-refractivity contribution in [2.24, 2.45) is 0 Å². The van der Waals surface area contributed by atoms with Crippen LogP contribution < -0.4 is 0 Å². The number of hydrogen-bond acceptors (Lipinski definition) is 5. The van der Waals surface area contributed by atoms with Gasteiger partial charge < -0.3 is 14.7 Å². The molecule has 0 aliphatic carbocycles. The average molecular weight is 390 g/mol. The Labute approximate surface area is 169 Å². The number of piperazine rings is 1. The van der Waals surface area contributed by atoms with Crippen LogP contribution in [-0.4, -0.2) is 90.5 Å². The van der Waals surface area contributed by atoms with E-state index < -0.39 is 0 Å². The lowest BCUT2D eigenvalue weighted by Gasteiger charge is -2.46. The van der Waals surface area contributed by atoms with Gasteiger partial charge >= 0.3 is 6.09 Å². The van der Waals surface area contributed by atoms with Crippen molar-refractivity contribution in [3.8, 4) is 0 Å². The van der Waals surface area contributed by atoms with Crippen molar-refractivity contribution in [3.05, 3.63) is 35.9 Å². The second kappa shape index (κ2) is 10.8. The van der Waals surface area contributed by atoms with Gasteiger partial charge in [-0.3, -0.25) is 9.80 Å². The highest BCUT2D eigenvalue weighted by atomic mass is 16.6. The van der Waals surface area contributed by atoms with Gasteiger partial charge in [-0.25, -0.2) is 4.79 Å². The average Bonchev–Trinajstić information content (AvgIpc) is 2.74. The first kappa shape index (κ1) is 21.1. The number of amides is 1. The zero-order chi connectivity index (χ0) is 19.8. The predicted octanol–water partition coefficient (Wildman–Crippen LogP) is 2.22. The lowest BCUT2D eigenvalue weighted by Crippen LogP contribution is -2.58. The number of ether oxygens (including phenoxy) is 1. The van der Waals surface area contributed by atoms with E-state index in [2.05, 4.69) is 40.1 Å². The summed E-state index contributed by atoms with van der Waals surface area (Å²) in [4.78, 5) is 18.9. The molecule has 1 aromatic carbocycles. The molecule has 6 nitrogen and oxygen atoms in total. The number of piperidine rings is 1. The molecule has 0 unspecified atom stereocenters. The van der Waals surface area contributed by atoms with Gasteiger partial charge in [0, 0.05) is 58.0 Å². The molecule has 156 valence electrons. The van der Waals surface area contributed by atoms with Crippen LogP contribution in [0.4, 0.5) is 4.79 Å². The molecule has 6 heteroatoms. The molecule has 0 spiro atoms. The van der Waals surface area contributed by atoms with Crippen molar-refractivity contribution >= 4 is 6.09 Å². The summed E-state index contributed by atoms with van der Waals surface area (Å²) in [5.41, 5.74) is 1.37. The first-order valence-electron chi connectivity index (χ1n) is 10.8. The van der Waals surface area contributed by atoms with Crippen LogP contribution in [0.15, 0.2) is 30.3 Å². The van der Waals surface area contributed by atoms with Crippen LogP contribution in [0.5, 0.6) is 0 Å². The Morgan fingerprint density at radius 2 is 1.89 bits per heavy atom. The maximum atomic E-state index is 11.9. The third-order valence-corrected chi connectivity index (χ3v) is 6.14. The van der Waals surface area contributed by atoms with E-state index in [4.69, 9.17) is 4.74 Å². The van der Waals surface area contributed by atoms with E-state index in [0.29, 0.717) is 18.7 Å². The van der Waals surface area contributed by atoms with E-state index in [9.17, 15) is 9.90 Å². The zero-order valence-corrected chi connectivity index (χ0v) is 17.1. The van der Waals surface area contributed by atoms with Crippen molar-refractivity contribution in [2.45, 2.75) is 44.7 Å². The van der Waals surface area contributed by atoms with Crippen molar-refractivity contribution in [1.82, 2.24) is 14.7 Å². The van der Waals surface area contributed by atoms with Crippen molar-refractivity contribution in [2.75, 3.05) is 52.5 Å². The van der Waals surface area contributed by atoms with Crippen molar-refractivity contribution in [1.29, 1.82) is 0 Å². The highest BCUT2D eigenvalue weighted by molar-refractivity contribution is 5.67. The lowest BCUT2D eigenvalue weighted by atomic mass is 9.99. The standard InChI is InChI=1S/C22H35N3O3/c1-2-28-22(27)24-13-9-20(10-14-24)25-16-15-23(21(18-25)11-17-26)12-8-19-6-4-3-5-7-19/h3-7,20-21,26H,2,8-18H2,1H3/t21-/m0/s1. The Kier molecular flexibility index (Phi) is 8.13. The summed E-state index contributed by atoms with van der Waals surface area (Å²) in [6.45, 7) is 8.27. The summed E-state index contributed by atoms with van der Waals surface area (Å²) in [5, 5.41) is 9.56. The predicted molar refractivity (Wildman–Crippen MR) is 110 cm³/mol. The van der Waals surface area contributed by atoms with Crippen molar-refractivity contribution in [3.63, 3.8) is 0 Å². The smallest absolute Gasteiger partial charge is 0.409 e. The van der Waals surface area contributed by atoms with Gasteiger partial charge in [-0.15, -0.1) is 0 Å². The van der Waals surface area contributed by atoms with Gasteiger partial charge in [-0.2, -0.15) is 0 Å². The molecular weight excluding hydrogens is 354 g/mol.